The number of hydrogen-bond donors (Lipinski definition) is 2. The summed E-state index contributed by atoms with van der Waals surface area (Å²) in [5.41, 5.74) is 2.48. The van der Waals surface area contributed by atoms with Crippen molar-refractivity contribution in [1.82, 2.24) is 10.6 Å². The van der Waals surface area contributed by atoms with Gasteiger partial charge in [-0.2, -0.15) is 0 Å². The summed E-state index contributed by atoms with van der Waals surface area (Å²) in [6, 6.07) is 8.53. The third kappa shape index (κ3) is 4.49. The van der Waals surface area contributed by atoms with Crippen molar-refractivity contribution in [3.8, 4) is 0 Å². The molecule has 3 heteroatoms. The Morgan fingerprint density at radius 1 is 1.11 bits per heavy atom. The molecule has 1 unspecified atom stereocenters. The number of amides is 1. The minimum absolute atomic E-state index is 0.0653. The Labute approximate surface area is 110 Å². The topological polar surface area (TPSA) is 41.1 Å². The SMILES string of the molecule is CNCCC(=O)NC(C)c1ccc(C(C)C)cc1. The average molecular weight is 248 g/mol. The van der Waals surface area contributed by atoms with E-state index in [1.807, 2.05) is 14.0 Å². The molecule has 0 spiro atoms. The second kappa shape index (κ2) is 7.17. The second-order valence-corrected chi connectivity index (χ2v) is 4.96. The Balaban J connectivity index is 2.56. The van der Waals surface area contributed by atoms with E-state index in [1.54, 1.807) is 0 Å². The standard InChI is InChI=1S/C15H24N2O/c1-11(2)13-5-7-14(8-6-13)12(3)17-15(18)9-10-16-4/h5-8,11-12,16H,9-10H2,1-4H3,(H,17,18). The lowest BCUT2D eigenvalue weighted by atomic mass is 9.99. The van der Waals surface area contributed by atoms with Crippen LogP contribution in [0.3, 0.4) is 0 Å². The van der Waals surface area contributed by atoms with Crippen LogP contribution >= 0.6 is 0 Å². The van der Waals surface area contributed by atoms with Crippen molar-refractivity contribution in [2.24, 2.45) is 0 Å². The molecule has 1 aromatic carbocycles. The summed E-state index contributed by atoms with van der Waals surface area (Å²) in [5.74, 6) is 0.629. The lowest BCUT2D eigenvalue weighted by Gasteiger charge is -2.15. The molecule has 1 rings (SSSR count). The van der Waals surface area contributed by atoms with Crippen molar-refractivity contribution in [2.45, 2.75) is 39.2 Å². The van der Waals surface area contributed by atoms with E-state index in [1.165, 1.54) is 5.56 Å². The van der Waals surface area contributed by atoms with Crippen molar-refractivity contribution < 1.29 is 4.79 Å². The first kappa shape index (κ1) is 14.7. The van der Waals surface area contributed by atoms with Gasteiger partial charge in [-0.25, -0.2) is 0 Å². The molecule has 0 saturated heterocycles. The Morgan fingerprint density at radius 2 is 1.67 bits per heavy atom. The van der Waals surface area contributed by atoms with Crippen molar-refractivity contribution in [1.29, 1.82) is 0 Å². The van der Waals surface area contributed by atoms with Gasteiger partial charge in [0.1, 0.15) is 0 Å². The number of carbonyl (C=O) groups excluding carboxylic acids is 1. The highest BCUT2D eigenvalue weighted by molar-refractivity contribution is 5.76. The zero-order valence-electron chi connectivity index (χ0n) is 11.8. The zero-order valence-corrected chi connectivity index (χ0v) is 11.8. The van der Waals surface area contributed by atoms with Gasteiger partial charge in [-0.05, 0) is 31.0 Å². The van der Waals surface area contributed by atoms with Crippen LogP contribution in [0.1, 0.15) is 50.3 Å². The molecule has 2 N–H and O–H groups in total. The summed E-state index contributed by atoms with van der Waals surface area (Å²) >= 11 is 0. The van der Waals surface area contributed by atoms with Gasteiger partial charge in [0.15, 0.2) is 0 Å². The molecule has 100 valence electrons. The summed E-state index contributed by atoms with van der Waals surface area (Å²) in [7, 11) is 1.85. The quantitative estimate of drug-likeness (QED) is 0.812. The largest absolute Gasteiger partial charge is 0.350 e. The third-order valence-electron chi connectivity index (χ3n) is 3.08. The maximum Gasteiger partial charge on any atom is 0.221 e. The minimum atomic E-state index is 0.0653. The lowest BCUT2D eigenvalue weighted by molar-refractivity contribution is -0.121. The first-order chi connectivity index (χ1) is 8.54. The van der Waals surface area contributed by atoms with Gasteiger partial charge in [-0.3, -0.25) is 4.79 Å². The molecule has 1 amide bonds. The van der Waals surface area contributed by atoms with Gasteiger partial charge in [-0.1, -0.05) is 38.1 Å². The summed E-state index contributed by atoms with van der Waals surface area (Å²) in [6.45, 7) is 7.09. The van der Waals surface area contributed by atoms with Gasteiger partial charge in [0, 0.05) is 13.0 Å². The van der Waals surface area contributed by atoms with Crippen molar-refractivity contribution in [3.63, 3.8) is 0 Å². The van der Waals surface area contributed by atoms with Crippen LogP contribution in [0.2, 0.25) is 0 Å². The van der Waals surface area contributed by atoms with Crippen LogP contribution in [0.5, 0.6) is 0 Å². The van der Waals surface area contributed by atoms with E-state index >= 15 is 0 Å². The number of rotatable bonds is 6. The van der Waals surface area contributed by atoms with Gasteiger partial charge in [0.05, 0.1) is 6.04 Å². The Hall–Kier alpha value is -1.35. The third-order valence-corrected chi connectivity index (χ3v) is 3.08. The molecule has 1 atom stereocenters. The van der Waals surface area contributed by atoms with Crippen LogP contribution in [0, 0.1) is 0 Å². The fourth-order valence-corrected chi connectivity index (χ4v) is 1.81. The van der Waals surface area contributed by atoms with E-state index in [2.05, 4.69) is 48.7 Å². The van der Waals surface area contributed by atoms with E-state index in [9.17, 15) is 4.79 Å². The van der Waals surface area contributed by atoms with Crippen LogP contribution in [-0.4, -0.2) is 19.5 Å². The highest BCUT2D eigenvalue weighted by atomic mass is 16.1. The molecule has 0 radical (unpaired) electrons. The molecule has 0 bridgehead atoms. The molecule has 0 heterocycles. The van der Waals surface area contributed by atoms with Gasteiger partial charge < -0.3 is 10.6 Å². The Bertz CT molecular complexity index is 371. The summed E-state index contributed by atoms with van der Waals surface area (Å²) < 4.78 is 0. The van der Waals surface area contributed by atoms with E-state index in [0.29, 0.717) is 18.9 Å². The first-order valence-corrected chi connectivity index (χ1v) is 6.58. The van der Waals surface area contributed by atoms with E-state index in [-0.39, 0.29) is 11.9 Å². The van der Waals surface area contributed by atoms with Crippen LogP contribution in [0.4, 0.5) is 0 Å². The fraction of sp³-hybridized carbons (Fsp3) is 0.533. The number of nitrogens with one attached hydrogen (secondary N) is 2. The zero-order chi connectivity index (χ0) is 13.5. The van der Waals surface area contributed by atoms with Crippen molar-refractivity contribution >= 4 is 5.91 Å². The highest BCUT2D eigenvalue weighted by Crippen LogP contribution is 2.18. The molecular weight excluding hydrogens is 224 g/mol. The van der Waals surface area contributed by atoms with Crippen molar-refractivity contribution in [3.05, 3.63) is 35.4 Å². The number of carbonyl (C=O) groups is 1. The van der Waals surface area contributed by atoms with Gasteiger partial charge in [0.25, 0.3) is 0 Å². The molecule has 18 heavy (non-hydrogen) atoms. The molecule has 1 aromatic rings. The smallest absolute Gasteiger partial charge is 0.221 e. The lowest BCUT2D eigenvalue weighted by Crippen LogP contribution is -2.29. The molecule has 0 saturated carbocycles. The minimum Gasteiger partial charge on any atom is -0.350 e. The number of hydrogen-bond acceptors (Lipinski definition) is 2. The molecule has 0 aromatic heterocycles. The highest BCUT2D eigenvalue weighted by Gasteiger charge is 2.09. The van der Waals surface area contributed by atoms with Gasteiger partial charge >= 0.3 is 0 Å². The molecule has 0 fully saturated rings. The second-order valence-electron chi connectivity index (χ2n) is 4.96. The first-order valence-electron chi connectivity index (χ1n) is 6.58. The van der Waals surface area contributed by atoms with E-state index < -0.39 is 0 Å². The molecular formula is C15H24N2O. The maximum absolute atomic E-state index is 11.6. The van der Waals surface area contributed by atoms with Gasteiger partial charge in [-0.15, -0.1) is 0 Å². The van der Waals surface area contributed by atoms with Crippen LogP contribution in [-0.2, 0) is 4.79 Å². The average Bonchev–Trinajstić information content (AvgIpc) is 2.36. The molecule has 0 aliphatic carbocycles. The fourth-order valence-electron chi connectivity index (χ4n) is 1.81. The Morgan fingerprint density at radius 3 is 2.17 bits per heavy atom. The van der Waals surface area contributed by atoms with Crippen LogP contribution < -0.4 is 10.6 Å². The summed E-state index contributed by atoms with van der Waals surface area (Å²) in [5, 5.41) is 5.97. The van der Waals surface area contributed by atoms with E-state index in [4.69, 9.17) is 0 Å². The summed E-state index contributed by atoms with van der Waals surface area (Å²) in [4.78, 5) is 11.6. The normalized spacial score (nSPS) is 12.5. The predicted molar refractivity (Wildman–Crippen MR) is 75.6 cm³/mol. The molecule has 0 aliphatic heterocycles. The Kier molecular flexibility index (Phi) is 5.86. The predicted octanol–water partition coefficient (Wildman–Crippen LogP) is 2.60. The molecule has 0 aliphatic rings. The van der Waals surface area contributed by atoms with Crippen molar-refractivity contribution in [2.75, 3.05) is 13.6 Å². The monoisotopic (exact) mass is 248 g/mol. The van der Waals surface area contributed by atoms with Gasteiger partial charge in [0.2, 0.25) is 5.91 Å². The van der Waals surface area contributed by atoms with Crippen LogP contribution in [0.15, 0.2) is 24.3 Å². The maximum atomic E-state index is 11.6. The molecule has 3 nitrogen and oxygen atoms in total. The summed E-state index contributed by atoms with van der Waals surface area (Å²) in [6.07, 6.45) is 0.519. The van der Waals surface area contributed by atoms with E-state index in [0.717, 1.165) is 5.56 Å². The van der Waals surface area contributed by atoms with Crippen LogP contribution in [0.25, 0.3) is 0 Å². The number of benzene rings is 1.